The van der Waals surface area contributed by atoms with Crippen molar-refractivity contribution in [1.29, 1.82) is 0 Å². The maximum atomic E-state index is 5.82. The summed E-state index contributed by atoms with van der Waals surface area (Å²) >= 11 is 0. The highest BCUT2D eigenvalue weighted by molar-refractivity contribution is 5.48. The Kier molecular flexibility index (Phi) is 6.97. The third-order valence-electron chi connectivity index (χ3n) is 7.21. The van der Waals surface area contributed by atoms with Crippen molar-refractivity contribution in [2.75, 3.05) is 21.3 Å². The quantitative estimate of drug-likeness (QED) is 0.474. The highest BCUT2D eigenvalue weighted by Gasteiger charge is 2.15. The third-order valence-corrected chi connectivity index (χ3v) is 7.21. The monoisotopic (exact) mass is 444 g/mol. The van der Waals surface area contributed by atoms with Crippen molar-refractivity contribution >= 4 is 0 Å². The normalized spacial score (nSPS) is 13.6. The SMILES string of the molecule is COc1cc2c(C)cc1CCc1cc(OC)c(cc1C)CCc1cc(C)c(cc1OC)CC2. The fourth-order valence-corrected chi connectivity index (χ4v) is 5.14. The average molecular weight is 445 g/mol. The molecule has 0 atom stereocenters. The Balaban J connectivity index is 1.84. The van der Waals surface area contributed by atoms with Crippen LogP contribution in [0.1, 0.15) is 50.1 Å². The summed E-state index contributed by atoms with van der Waals surface area (Å²) in [5, 5.41) is 0. The van der Waals surface area contributed by atoms with Crippen LogP contribution in [0, 0.1) is 20.8 Å². The van der Waals surface area contributed by atoms with E-state index < -0.39 is 0 Å². The number of benzene rings is 3. The number of methoxy groups -OCH3 is 3. The van der Waals surface area contributed by atoms with Gasteiger partial charge in [-0.3, -0.25) is 0 Å². The standard InChI is InChI=1S/C30H36O3/c1-19-13-25-10-9-24-18-30(33-6)27(15-21(24)3)12-11-26-14-20(2)23(17-29(26)32-5)8-7-22(19)16-28(25)31-4/h13-18H,7-12H2,1-6H3. The highest BCUT2D eigenvalue weighted by atomic mass is 16.5. The van der Waals surface area contributed by atoms with E-state index in [2.05, 4.69) is 57.2 Å². The van der Waals surface area contributed by atoms with E-state index in [1.165, 1.54) is 50.1 Å². The first kappa shape index (κ1) is 23.2. The van der Waals surface area contributed by atoms with Gasteiger partial charge in [0.25, 0.3) is 0 Å². The van der Waals surface area contributed by atoms with Gasteiger partial charge in [0.2, 0.25) is 0 Å². The molecular formula is C30H36O3. The minimum absolute atomic E-state index is 0.924. The van der Waals surface area contributed by atoms with Crippen LogP contribution in [0.2, 0.25) is 0 Å². The Morgan fingerprint density at radius 3 is 0.879 bits per heavy atom. The first-order valence-corrected chi connectivity index (χ1v) is 11.9. The number of hydrogen-bond acceptors (Lipinski definition) is 3. The van der Waals surface area contributed by atoms with Crippen LogP contribution in [0.25, 0.3) is 0 Å². The number of hydrogen-bond donors (Lipinski definition) is 0. The molecule has 0 saturated heterocycles. The van der Waals surface area contributed by atoms with Gasteiger partial charge in [-0.05, 0) is 128 Å². The van der Waals surface area contributed by atoms with Gasteiger partial charge in [0, 0.05) is 0 Å². The summed E-state index contributed by atoms with van der Waals surface area (Å²) in [6.07, 6.45) is 5.74. The van der Waals surface area contributed by atoms with Crippen LogP contribution in [0.5, 0.6) is 17.2 Å². The largest absolute Gasteiger partial charge is 0.496 e. The summed E-state index contributed by atoms with van der Waals surface area (Å²) in [6, 6.07) is 13.6. The average Bonchev–Trinajstić information content (AvgIpc) is 2.81. The topological polar surface area (TPSA) is 27.7 Å². The van der Waals surface area contributed by atoms with Gasteiger partial charge in [-0.15, -0.1) is 0 Å². The molecule has 0 amide bonds. The molecule has 0 radical (unpaired) electrons. The Bertz CT molecular complexity index is 1160. The third kappa shape index (κ3) is 4.88. The maximum absolute atomic E-state index is 5.82. The summed E-state index contributed by atoms with van der Waals surface area (Å²) in [7, 11) is 5.33. The second kappa shape index (κ2) is 9.91. The van der Waals surface area contributed by atoms with E-state index in [0.717, 1.165) is 55.8 Å². The zero-order chi connectivity index (χ0) is 23.5. The van der Waals surface area contributed by atoms with Gasteiger partial charge < -0.3 is 14.2 Å². The second-order valence-electron chi connectivity index (χ2n) is 9.27. The fraction of sp³-hybridized carbons (Fsp3) is 0.400. The number of ether oxygens (including phenoxy) is 3. The molecule has 33 heavy (non-hydrogen) atoms. The Hall–Kier alpha value is -2.94. The van der Waals surface area contributed by atoms with Crippen molar-refractivity contribution in [2.24, 2.45) is 0 Å². The molecule has 6 bridgehead atoms. The number of rotatable bonds is 3. The van der Waals surface area contributed by atoms with Crippen LogP contribution in [0.15, 0.2) is 36.4 Å². The molecule has 3 nitrogen and oxygen atoms in total. The Morgan fingerprint density at radius 1 is 0.394 bits per heavy atom. The molecule has 3 aromatic rings. The van der Waals surface area contributed by atoms with Crippen molar-refractivity contribution in [3.63, 3.8) is 0 Å². The molecule has 0 aliphatic heterocycles. The van der Waals surface area contributed by atoms with E-state index in [1.54, 1.807) is 21.3 Å². The van der Waals surface area contributed by atoms with E-state index in [9.17, 15) is 0 Å². The van der Waals surface area contributed by atoms with Crippen LogP contribution in [0.4, 0.5) is 0 Å². The lowest BCUT2D eigenvalue weighted by atomic mass is 9.91. The summed E-state index contributed by atoms with van der Waals surface area (Å²) in [5.41, 5.74) is 11.8. The van der Waals surface area contributed by atoms with Gasteiger partial charge in [-0.25, -0.2) is 0 Å². The predicted octanol–water partition coefficient (Wildman–Crippen LogP) is 6.31. The Morgan fingerprint density at radius 2 is 0.636 bits per heavy atom. The van der Waals surface area contributed by atoms with Crippen molar-refractivity contribution in [1.82, 2.24) is 0 Å². The molecule has 6 aliphatic rings. The highest BCUT2D eigenvalue weighted by Crippen LogP contribution is 2.32. The molecule has 0 spiro atoms. The molecule has 3 aromatic carbocycles. The lowest BCUT2D eigenvalue weighted by molar-refractivity contribution is 0.404. The Labute approximate surface area is 198 Å². The van der Waals surface area contributed by atoms with Gasteiger partial charge in [-0.2, -0.15) is 0 Å². The van der Waals surface area contributed by atoms with E-state index in [0.29, 0.717) is 0 Å². The first-order chi connectivity index (χ1) is 15.9. The van der Waals surface area contributed by atoms with Crippen LogP contribution in [0.3, 0.4) is 0 Å². The van der Waals surface area contributed by atoms with E-state index >= 15 is 0 Å². The maximum Gasteiger partial charge on any atom is 0.122 e. The van der Waals surface area contributed by atoms with Gasteiger partial charge in [-0.1, -0.05) is 18.2 Å². The van der Waals surface area contributed by atoms with Crippen LogP contribution in [-0.4, -0.2) is 21.3 Å². The fourth-order valence-electron chi connectivity index (χ4n) is 5.14. The predicted molar refractivity (Wildman–Crippen MR) is 135 cm³/mol. The van der Waals surface area contributed by atoms with E-state index in [-0.39, 0.29) is 0 Å². The molecule has 0 saturated carbocycles. The van der Waals surface area contributed by atoms with Crippen molar-refractivity contribution < 1.29 is 14.2 Å². The van der Waals surface area contributed by atoms with Crippen LogP contribution in [-0.2, 0) is 38.5 Å². The molecule has 3 heteroatoms. The molecule has 0 N–H and O–H groups in total. The molecule has 0 unspecified atom stereocenters. The van der Waals surface area contributed by atoms with Crippen molar-refractivity contribution in [2.45, 2.75) is 59.3 Å². The minimum Gasteiger partial charge on any atom is -0.496 e. The van der Waals surface area contributed by atoms with Gasteiger partial charge in [0.05, 0.1) is 21.3 Å². The van der Waals surface area contributed by atoms with Crippen molar-refractivity contribution in [3.8, 4) is 17.2 Å². The molecule has 6 aliphatic carbocycles. The number of aryl methyl sites for hydroxylation is 9. The lowest BCUT2D eigenvalue weighted by Crippen LogP contribution is -2.05. The summed E-state index contributed by atoms with van der Waals surface area (Å²) in [5.74, 6) is 2.94. The molecule has 0 heterocycles. The van der Waals surface area contributed by atoms with Gasteiger partial charge >= 0.3 is 0 Å². The van der Waals surface area contributed by atoms with E-state index in [1.807, 2.05) is 0 Å². The minimum atomic E-state index is 0.924. The zero-order valence-electron chi connectivity index (χ0n) is 20.9. The molecule has 0 aromatic heterocycles. The summed E-state index contributed by atoms with van der Waals surface area (Å²) in [4.78, 5) is 0. The van der Waals surface area contributed by atoms with Crippen molar-refractivity contribution in [3.05, 3.63) is 86.5 Å². The molecule has 9 rings (SSSR count). The molecule has 174 valence electrons. The van der Waals surface area contributed by atoms with Crippen LogP contribution < -0.4 is 14.2 Å². The lowest BCUT2D eigenvalue weighted by Gasteiger charge is -2.18. The van der Waals surface area contributed by atoms with E-state index in [4.69, 9.17) is 14.2 Å². The molecule has 0 fully saturated rings. The van der Waals surface area contributed by atoms with Gasteiger partial charge in [0.15, 0.2) is 0 Å². The van der Waals surface area contributed by atoms with Crippen LogP contribution >= 0.6 is 0 Å². The zero-order valence-corrected chi connectivity index (χ0v) is 20.9. The first-order valence-electron chi connectivity index (χ1n) is 11.9. The second-order valence-corrected chi connectivity index (χ2v) is 9.27. The smallest absolute Gasteiger partial charge is 0.122 e. The molecular weight excluding hydrogens is 408 g/mol. The summed E-state index contributed by atoms with van der Waals surface area (Å²) < 4.78 is 17.4. The van der Waals surface area contributed by atoms with Gasteiger partial charge in [0.1, 0.15) is 17.2 Å². The summed E-state index contributed by atoms with van der Waals surface area (Å²) in [6.45, 7) is 6.64.